The lowest BCUT2D eigenvalue weighted by Gasteiger charge is -2.27. The molecule has 1 rings (SSSR count). The normalized spacial score (nSPS) is 21.0. The number of likely N-dealkylation sites (N-methyl/N-ethyl adjacent to an activating group) is 1. The first-order chi connectivity index (χ1) is 9.38. The van der Waals surface area contributed by atoms with Crippen molar-refractivity contribution < 1.29 is 0 Å². The fourth-order valence-corrected chi connectivity index (χ4v) is 3.07. The number of hydrogen-bond donors (Lipinski definition) is 1. The fraction of sp³-hybridized carbons (Fsp3) is 1.00. The maximum absolute atomic E-state index is 3.57. The standard InChI is InChI=1S/C17H37N3/c1-17(2,3)18-12-8-6-7-9-13-20-14-10-11-16(20)15-19(4)5/h16,18H,6-15H2,1-5H3. The number of hydrogen-bond acceptors (Lipinski definition) is 3. The minimum Gasteiger partial charge on any atom is -0.312 e. The van der Waals surface area contributed by atoms with Crippen LogP contribution in [0, 0.1) is 0 Å². The lowest BCUT2D eigenvalue weighted by Crippen LogP contribution is -2.38. The van der Waals surface area contributed by atoms with E-state index in [4.69, 9.17) is 0 Å². The van der Waals surface area contributed by atoms with Gasteiger partial charge in [-0.1, -0.05) is 12.8 Å². The number of nitrogens with one attached hydrogen (secondary N) is 1. The summed E-state index contributed by atoms with van der Waals surface area (Å²) in [6.07, 6.45) is 8.24. The second-order valence-corrected chi connectivity index (χ2v) is 7.69. The summed E-state index contributed by atoms with van der Waals surface area (Å²) in [7, 11) is 4.39. The van der Waals surface area contributed by atoms with Gasteiger partial charge in [-0.2, -0.15) is 0 Å². The van der Waals surface area contributed by atoms with Crippen molar-refractivity contribution in [2.75, 3.05) is 40.3 Å². The van der Waals surface area contributed by atoms with E-state index in [1.54, 1.807) is 0 Å². The van der Waals surface area contributed by atoms with Gasteiger partial charge in [0.25, 0.3) is 0 Å². The van der Waals surface area contributed by atoms with E-state index in [2.05, 4.69) is 50.0 Å². The van der Waals surface area contributed by atoms with Gasteiger partial charge >= 0.3 is 0 Å². The van der Waals surface area contributed by atoms with Crippen LogP contribution < -0.4 is 5.32 Å². The zero-order chi connectivity index (χ0) is 15.0. The molecule has 0 aromatic heterocycles. The molecule has 3 nitrogen and oxygen atoms in total. The highest BCUT2D eigenvalue weighted by atomic mass is 15.2. The van der Waals surface area contributed by atoms with Crippen molar-refractivity contribution in [3.63, 3.8) is 0 Å². The van der Waals surface area contributed by atoms with Crippen molar-refractivity contribution in [2.24, 2.45) is 0 Å². The summed E-state index contributed by atoms with van der Waals surface area (Å²) in [4.78, 5) is 5.05. The Morgan fingerprint density at radius 2 is 1.80 bits per heavy atom. The van der Waals surface area contributed by atoms with Gasteiger partial charge in [0, 0.05) is 18.1 Å². The predicted molar refractivity (Wildman–Crippen MR) is 89.4 cm³/mol. The zero-order valence-corrected chi connectivity index (χ0v) is 14.5. The third-order valence-electron chi connectivity index (χ3n) is 4.10. The molecule has 3 heteroatoms. The topological polar surface area (TPSA) is 18.5 Å². The molecule has 1 heterocycles. The van der Waals surface area contributed by atoms with Crippen LogP contribution in [-0.2, 0) is 0 Å². The first-order valence-electron chi connectivity index (χ1n) is 8.52. The molecule has 1 aliphatic rings. The van der Waals surface area contributed by atoms with Crippen LogP contribution in [0.25, 0.3) is 0 Å². The van der Waals surface area contributed by atoms with Crippen molar-refractivity contribution in [3.05, 3.63) is 0 Å². The molecule has 20 heavy (non-hydrogen) atoms. The minimum atomic E-state index is 0.273. The van der Waals surface area contributed by atoms with E-state index >= 15 is 0 Å². The van der Waals surface area contributed by atoms with Crippen LogP contribution in [0.4, 0.5) is 0 Å². The molecule has 0 bridgehead atoms. The fourth-order valence-electron chi connectivity index (χ4n) is 3.07. The quantitative estimate of drug-likeness (QED) is 0.656. The Hall–Kier alpha value is -0.120. The molecular formula is C17H37N3. The maximum Gasteiger partial charge on any atom is 0.0223 e. The van der Waals surface area contributed by atoms with Crippen LogP contribution in [0.1, 0.15) is 59.3 Å². The molecule has 1 aliphatic heterocycles. The van der Waals surface area contributed by atoms with Gasteiger partial charge in [-0.05, 0) is 80.2 Å². The average Bonchev–Trinajstić information content (AvgIpc) is 2.73. The summed E-state index contributed by atoms with van der Waals surface area (Å²) in [5, 5.41) is 3.57. The van der Waals surface area contributed by atoms with Gasteiger partial charge in [0.1, 0.15) is 0 Å². The van der Waals surface area contributed by atoms with Crippen molar-refractivity contribution in [3.8, 4) is 0 Å². The molecule has 1 fully saturated rings. The van der Waals surface area contributed by atoms with E-state index in [0.717, 1.165) is 12.6 Å². The van der Waals surface area contributed by atoms with E-state index < -0.39 is 0 Å². The number of likely N-dealkylation sites (tertiary alicyclic amines) is 1. The van der Waals surface area contributed by atoms with Gasteiger partial charge in [0.15, 0.2) is 0 Å². The monoisotopic (exact) mass is 283 g/mol. The first kappa shape index (κ1) is 17.9. The van der Waals surface area contributed by atoms with Crippen LogP contribution in [0.2, 0.25) is 0 Å². The van der Waals surface area contributed by atoms with E-state index in [-0.39, 0.29) is 5.54 Å². The number of nitrogens with zero attached hydrogens (tertiary/aromatic N) is 2. The van der Waals surface area contributed by atoms with Crippen molar-refractivity contribution in [1.82, 2.24) is 15.1 Å². The van der Waals surface area contributed by atoms with Gasteiger partial charge in [-0.15, -0.1) is 0 Å². The molecule has 1 atom stereocenters. The highest BCUT2D eigenvalue weighted by molar-refractivity contribution is 4.80. The van der Waals surface area contributed by atoms with Crippen LogP contribution >= 0.6 is 0 Å². The highest BCUT2D eigenvalue weighted by Crippen LogP contribution is 2.18. The Labute approximate surface area is 127 Å². The second-order valence-electron chi connectivity index (χ2n) is 7.69. The van der Waals surface area contributed by atoms with Gasteiger partial charge in [0.05, 0.1) is 0 Å². The molecular weight excluding hydrogens is 246 g/mol. The molecule has 0 aliphatic carbocycles. The summed E-state index contributed by atoms with van der Waals surface area (Å²) >= 11 is 0. The molecule has 0 aromatic carbocycles. The second kappa shape index (κ2) is 9.01. The SMILES string of the molecule is CN(C)CC1CCCN1CCCCCCNC(C)(C)C. The molecule has 1 N–H and O–H groups in total. The summed E-state index contributed by atoms with van der Waals surface area (Å²) in [6, 6.07) is 0.813. The van der Waals surface area contributed by atoms with Crippen LogP contribution in [0.5, 0.6) is 0 Å². The maximum atomic E-state index is 3.57. The third-order valence-corrected chi connectivity index (χ3v) is 4.10. The minimum absolute atomic E-state index is 0.273. The van der Waals surface area contributed by atoms with Gasteiger partial charge in [0.2, 0.25) is 0 Å². The predicted octanol–water partition coefficient (Wildman–Crippen LogP) is 2.96. The van der Waals surface area contributed by atoms with Crippen molar-refractivity contribution in [1.29, 1.82) is 0 Å². The van der Waals surface area contributed by atoms with E-state index in [0.29, 0.717) is 0 Å². The molecule has 0 spiro atoms. The molecule has 0 amide bonds. The average molecular weight is 284 g/mol. The number of unbranched alkanes of at least 4 members (excludes halogenated alkanes) is 3. The van der Waals surface area contributed by atoms with E-state index in [9.17, 15) is 0 Å². The third kappa shape index (κ3) is 8.23. The largest absolute Gasteiger partial charge is 0.312 e. The van der Waals surface area contributed by atoms with E-state index in [1.807, 2.05) is 0 Å². The summed E-state index contributed by atoms with van der Waals surface area (Å²) in [5.74, 6) is 0. The summed E-state index contributed by atoms with van der Waals surface area (Å²) < 4.78 is 0. The van der Waals surface area contributed by atoms with Gasteiger partial charge in [-0.3, -0.25) is 4.90 Å². The van der Waals surface area contributed by atoms with Crippen molar-refractivity contribution in [2.45, 2.75) is 70.9 Å². The Kier molecular flexibility index (Phi) is 8.08. The van der Waals surface area contributed by atoms with Crippen LogP contribution in [0.3, 0.4) is 0 Å². The molecule has 1 unspecified atom stereocenters. The summed E-state index contributed by atoms with van der Waals surface area (Å²) in [5.41, 5.74) is 0.273. The van der Waals surface area contributed by atoms with Crippen molar-refractivity contribution >= 4 is 0 Å². The van der Waals surface area contributed by atoms with Crippen LogP contribution in [0.15, 0.2) is 0 Å². The van der Waals surface area contributed by atoms with E-state index in [1.165, 1.54) is 58.2 Å². The van der Waals surface area contributed by atoms with Crippen LogP contribution in [-0.4, -0.2) is 61.7 Å². The van der Waals surface area contributed by atoms with Gasteiger partial charge < -0.3 is 10.2 Å². The highest BCUT2D eigenvalue weighted by Gasteiger charge is 2.23. The first-order valence-corrected chi connectivity index (χ1v) is 8.52. The molecule has 0 saturated carbocycles. The Morgan fingerprint density at radius 3 is 2.45 bits per heavy atom. The zero-order valence-electron chi connectivity index (χ0n) is 14.5. The summed E-state index contributed by atoms with van der Waals surface area (Å²) in [6.45, 7) is 11.8. The lowest BCUT2D eigenvalue weighted by molar-refractivity contribution is 0.204. The van der Waals surface area contributed by atoms with Gasteiger partial charge in [-0.25, -0.2) is 0 Å². The molecule has 0 aromatic rings. The molecule has 120 valence electrons. The smallest absolute Gasteiger partial charge is 0.0223 e. The Balaban J connectivity index is 2.00. The number of rotatable bonds is 9. The Bertz CT molecular complexity index is 245. The Morgan fingerprint density at radius 1 is 1.10 bits per heavy atom. The molecule has 1 saturated heterocycles. The lowest BCUT2D eigenvalue weighted by atomic mass is 10.1. The molecule has 0 radical (unpaired) electrons.